The molecule has 0 aromatic heterocycles. The fraction of sp³-hybridized carbons (Fsp3) is 0.917. The second-order valence-electron chi connectivity index (χ2n) is 4.60. The number of hydrogen-bond acceptors (Lipinski definition) is 3. The highest BCUT2D eigenvalue weighted by atomic mass is 16.5. The zero-order valence-electron chi connectivity index (χ0n) is 10.3. The third kappa shape index (κ3) is 4.49. The SMILES string of the molecule is CCOC(CCN1CCC(C)CC1)C(=O)O. The third-order valence-corrected chi connectivity index (χ3v) is 3.23. The summed E-state index contributed by atoms with van der Waals surface area (Å²) in [7, 11) is 0. The smallest absolute Gasteiger partial charge is 0.332 e. The van der Waals surface area contributed by atoms with Crippen LogP contribution in [0.1, 0.15) is 33.1 Å². The summed E-state index contributed by atoms with van der Waals surface area (Å²) in [5, 5.41) is 8.93. The first-order chi connectivity index (χ1) is 7.63. The molecular formula is C12H23NO3. The number of piperidine rings is 1. The Bertz CT molecular complexity index is 212. The van der Waals surface area contributed by atoms with Gasteiger partial charge in [-0.2, -0.15) is 0 Å². The summed E-state index contributed by atoms with van der Waals surface area (Å²) < 4.78 is 5.19. The highest BCUT2D eigenvalue weighted by molar-refractivity contribution is 5.72. The summed E-state index contributed by atoms with van der Waals surface area (Å²) in [5.74, 6) is -0.0226. The Kier molecular flexibility index (Phi) is 5.77. The van der Waals surface area contributed by atoms with Crippen LogP contribution in [0.2, 0.25) is 0 Å². The Labute approximate surface area is 97.6 Å². The number of likely N-dealkylation sites (tertiary alicyclic amines) is 1. The van der Waals surface area contributed by atoms with Crippen LogP contribution in [0.4, 0.5) is 0 Å². The molecule has 1 aliphatic heterocycles. The standard InChI is InChI=1S/C12H23NO3/c1-3-16-11(12(14)15)6-9-13-7-4-10(2)5-8-13/h10-11H,3-9H2,1-2H3,(H,14,15). The number of carboxylic acid groups (broad SMARTS) is 1. The molecule has 0 saturated carbocycles. The molecule has 1 aliphatic rings. The number of nitrogens with zero attached hydrogens (tertiary/aromatic N) is 1. The van der Waals surface area contributed by atoms with Gasteiger partial charge in [-0.3, -0.25) is 0 Å². The monoisotopic (exact) mass is 229 g/mol. The predicted octanol–water partition coefficient (Wildman–Crippen LogP) is 1.60. The molecule has 1 saturated heterocycles. The lowest BCUT2D eigenvalue weighted by Crippen LogP contribution is -2.36. The van der Waals surface area contributed by atoms with E-state index in [9.17, 15) is 4.79 Å². The average molecular weight is 229 g/mol. The maximum absolute atomic E-state index is 10.9. The van der Waals surface area contributed by atoms with Crippen molar-refractivity contribution in [3.05, 3.63) is 0 Å². The second kappa shape index (κ2) is 6.86. The van der Waals surface area contributed by atoms with E-state index in [0.29, 0.717) is 13.0 Å². The van der Waals surface area contributed by atoms with Gasteiger partial charge in [0.2, 0.25) is 0 Å². The van der Waals surface area contributed by atoms with E-state index in [2.05, 4.69) is 11.8 Å². The molecule has 94 valence electrons. The largest absolute Gasteiger partial charge is 0.479 e. The maximum atomic E-state index is 10.9. The number of aliphatic carboxylic acids is 1. The fourth-order valence-corrected chi connectivity index (χ4v) is 2.06. The van der Waals surface area contributed by atoms with Crippen molar-refractivity contribution in [2.45, 2.75) is 39.2 Å². The van der Waals surface area contributed by atoms with Crippen LogP contribution in [0.5, 0.6) is 0 Å². The first-order valence-electron chi connectivity index (χ1n) is 6.20. The van der Waals surface area contributed by atoms with Crippen LogP contribution in [0.15, 0.2) is 0 Å². The van der Waals surface area contributed by atoms with E-state index in [1.807, 2.05) is 6.92 Å². The van der Waals surface area contributed by atoms with E-state index in [4.69, 9.17) is 9.84 Å². The van der Waals surface area contributed by atoms with Crippen LogP contribution in [0.25, 0.3) is 0 Å². The summed E-state index contributed by atoms with van der Waals surface area (Å²) in [6.07, 6.45) is 2.42. The number of carbonyl (C=O) groups is 1. The zero-order valence-corrected chi connectivity index (χ0v) is 10.3. The fourth-order valence-electron chi connectivity index (χ4n) is 2.06. The van der Waals surface area contributed by atoms with Gasteiger partial charge >= 0.3 is 5.97 Å². The normalized spacial score (nSPS) is 20.9. The minimum absolute atomic E-state index is 0.466. The number of hydrogen-bond donors (Lipinski definition) is 1. The van der Waals surface area contributed by atoms with Crippen molar-refractivity contribution in [1.29, 1.82) is 0 Å². The van der Waals surface area contributed by atoms with Crippen molar-refractivity contribution in [2.24, 2.45) is 5.92 Å². The van der Waals surface area contributed by atoms with E-state index in [-0.39, 0.29) is 0 Å². The van der Waals surface area contributed by atoms with Crippen LogP contribution >= 0.6 is 0 Å². The van der Waals surface area contributed by atoms with Gasteiger partial charge < -0.3 is 14.7 Å². The molecular weight excluding hydrogens is 206 g/mol. The Hall–Kier alpha value is -0.610. The van der Waals surface area contributed by atoms with E-state index >= 15 is 0 Å². The molecule has 1 fully saturated rings. The van der Waals surface area contributed by atoms with E-state index in [0.717, 1.165) is 25.6 Å². The predicted molar refractivity (Wildman–Crippen MR) is 62.5 cm³/mol. The van der Waals surface area contributed by atoms with E-state index in [1.54, 1.807) is 0 Å². The molecule has 0 radical (unpaired) electrons. The summed E-state index contributed by atoms with van der Waals surface area (Å²) >= 11 is 0. The van der Waals surface area contributed by atoms with E-state index < -0.39 is 12.1 Å². The Morgan fingerprint density at radius 2 is 2.12 bits per heavy atom. The second-order valence-corrected chi connectivity index (χ2v) is 4.60. The summed E-state index contributed by atoms with van der Waals surface area (Å²) in [6, 6.07) is 0. The van der Waals surface area contributed by atoms with E-state index in [1.165, 1.54) is 12.8 Å². The molecule has 4 heteroatoms. The first kappa shape index (κ1) is 13.5. The quantitative estimate of drug-likeness (QED) is 0.751. The van der Waals surface area contributed by atoms with Crippen molar-refractivity contribution in [3.63, 3.8) is 0 Å². The van der Waals surface area contributed by atoms with Crippen molar-refractivity contribution in [1.82, 2.24) is 4.90 Å². The van der Waals surface area contributed by atoms with Gasteiger partial charge in [0.05, 0.1) is 0 Å². The lowest BCUT2D eigenvalue weighted by molar-refractivity contribution is -0.150. The molecule has 16 heavy (non-hydrogen) atoms. The van der Waals surface area contributed by atoms with Crippen molar-refractivity contribution in [2.75, 3.05) is 26.2 Å². The zero-order chi connectivity index (χ0) is 12.0. The van der Waals surface area contributed by atoms with Crippen LogP contribution in [0.3, 0.4) is 0 Å². The van der Waals surface area contributed by atoms with Gasteiger partial charge in [-0.1, -0.05) is 6.92 Å². The van der Waals surface area contributed by atoms with Gasteiger partial charge in [0.15, 0.2) is 6.10 Å². The molecule has 0 amide bonds. The number of rotatable bonds is 6. The molecule has 1 unspecified atom stereocenters. The first-order valence-corrected chi connectivity index (χ1v) is 6.20. The molecule has 1 N–H and O–H groups in total. The highest BCUT2D eigenvalue weighted by Gasteiger charge is 2.20. The molecule has 4 nitrogen and oxygen atoms in total. The molecule has 0 bridgehead atoms. The van der Waals surface area contributed by atoms with Gasteiger partial charge in [-0.15, -0.1) is 0 Å². The topological polar surface area (TPSA) is 49.8 Å². The molecule has 1 rings (SSSR count). The summed E-state index contributed by atoms with van der Waals surface area (Å²) in [6.45, 7) is 7.60. The molecule has 0 aromatic rings. The molecule has 1 atom stereocenters. The third-order valence-electron chi connectivity index (χ3n) is 3.23. The lowest BCUT2D eigenvalue weighted by Gasteiger charge is -2.30. The maximum Gasteiger partial charge on any atom is 0.332 e. The minimum atomic E-state index is -0.841. The Morgan fingerprint density at radius 3 is 2.62 bits per heavy atom. The molecule has 0 aromatic carbocycles. The van der Waals surface area contributed by atoms with Crippen LogP contribution in [-0.4, -0.2) is 48.3 Å². The summed E-state index contributed by atoms with van der Waals surface area (Å²) in [5.41, 5.74) is 0. The minimum Gasteiger partial charge on any atom is -0.479 e. The molecule has 0 spiro atoms. The lowest BCUT2D eigenvalue weighted by atomic mass is 9.99. The van der Waals surface area contributed by atoms with Crippen molar-refractivity contribution in [3.8, 4) is 0 Å². The van der Waals surface area contributed by atoms with Gasteiger partial charge in [0.25, 0.3) is 0 Å². The van der Waals surface area contributed by atoms with Gasteiger partial charge in [0, 0.05) is 13.2 Å². The molecule has 1 heterocycles. The van der Waals surface area contributed by atoms with Gasteiger partial charge in [0.1, 0.15) is 0 Å². The molecule has 0 aliphatic carbocycles. The van der Waals surface area contributed by atoms with Crippen molar-refractivity contribution >= 4 is 5.97 Å². The van der Waals surface area contributed by atoms with Gasteiger partial charge in [-0.05, 0) is 45.2 Å². The van der Waals surface area contributed by atoms with Crippen molar-refractivity contribution < 1.29 is 14.6 Å². The van der Waals surface area contributed by atoms with Crippen LogP contribution in [-0.2, 0) is 9.53 Å². The van der Waals surface area contributed by atoms with Crippen LogP contribution in [0, 0.1) is 5.92 Å². The van der Waals surface area contributed by atoms with Crippen LogP contribution < -0.4 is 0 Å². The number of carboxylic acids is 1. The Morgan fingerprint density at radius 1 is 1.50 bits per heavy atom. The van der Waals surface area contributed by atoms with Gasteiger partial charge in [-0.25, -0.2) is 4.79 Å². The Balaban J connectivity index is 2.23. The number of ether oxygens (including phenoxy) is 1. The average Bonchev–Trinajstić information content (AvgIpc) is 2.26. The highest BCUT2D eigenvalue weighted by Crippen LogP contribution is 2.16. The summed E-state index contributed by atoms with van der Waals surface area (Å²) in [4.78, 5) is 13.2.